The number of ether oxygens (including phenoxy) is 1. The van der Waals surface area contributed by atoms with Crippen LogP contribution in [-0.2, 0) is 4.79 Å². The van der Waals surface area contributed by atoms with E-state index in [9.17, 15) is 4.79 Å². The van der Waals surface area contributed by atoms with Crippen LogP contribution in [0.2, 0.25) is 5.02 Å². The molecule has 2 aromatic rings. The van der Waals surface area contributed by atoms with Crippen LogP contribution < -0.4 is 10.1 Å². The number of amides is 1. The van der Waals surface area contributed by atoms with Gasteiger partial charge in [0.15, 0.2) is 6.61 Å². The van der Waals surface area contributed by atoms with Crippen molar-refractivity contribution in [3.05, 3.63) is 35.5 Å². The maximum atomic E-state index is 11.9. The molecule has 1 aromatic heterocycles. The molecule has 0 bridgehead atoms. The molecule has 21 heavy (non-hydrogen) atoms. The molecule has 1 N–H and O–H groups in total. The molecule has 1 aromatic carbocycles. The van der Waals surface area contributed by atoms with Crippen LogP contribution in [0.3, 0.4) is 0 Å². The van der Waals surface area contributed by atoms with Crippen molar-refractivity contribution in [2.45, 2.75) is 31.7 Å². The van der Waals surface area contributed by atoms with Gasteiger partial charge in [0.2, 0.25) is 0 Å². The zero-order valence-electron chi connectivity index (χ0n) is 11.6. The summed E-state index contributed by atoms with van der Waals surface area (Å²) < 4.78 is 5.61. The Morgan fingerprint density at radius 3 is 2.95 bits per heavy atom. The maximum absolute atomic E-state index is 11.9. The smallest absolute Gasteiger partial charge is 0.258 e. The van der Waals surface area contributed by atoms with Crippen LogP contribution in [0.4, 0.5) is 0 Å². The van der Waals surface area contributed by atoms with Crippen molar-refractivity contribution >= 4 is 28.4 Å². The number of fused-ring (bicyclic) bond motifs is 1. The van der Waals surface area contributed by atoms with Gasteiger partial charge < -0.3 is 10.1 Å². The Bertz CT molecular complexity index is 654. The van der Waals surface area contributed by atoms with Gasteiger partial charge in [-0.05, 0) is 37.1 Å². The fourth-order valence-corrected chi connectivity index (χ4v) is 2.93. The number of hydrogen-bond acceptors (Lipinski definition) is 3. The number of halogens is 1. The Hall–Kier alpha value is -1.81. The predicted molar refractivity (Wildman–Crippen MR) is 82.6 cm³/mol. The van der Waals surface area contributed by atoms with Gasteiger partial charge >= 0.3 is 0 Å². The second kappa shape index (κ2) is 6.31. The highest BCUT2D eigenvalue weighted by atomic mass is 35.5. The molecule has 0 unspecified atom stereocenters. The van der Waals surface area contributed by atoms with Gasteiger partial charge in [0.25, 0.3) is 5.91 Å². The number of nitrogens with one attached hydrogen (secondary N) is 1. The number of rotatable bonds is 4. The van der Waals surface area contributed by atoms with Gasteiger partial charge in [0, 0.05) is 17.6 Å². The van der Waals surface area contributed by atoms with Gasteiger partial charge in [-0.15, -0.1) is 0 Å². The fraction of sp³-hybridized carbons (Fsp3) is 0.375. The van der Waals surface area contributed by atoms with Gasteiger partial charge in [-0.25, -0.2) is 0 Å². The Balaban J connectivity index is 1.67. The largest absolute Gasteiger partial charge is 0.481 e. The van der Waals surface area contributed by atoms with Crippen LogP contribution >= 0.6 is 11.6 Å². The first-order valence-corrected chi connectivity index (χ1v) is 7.57. The predicted octanol–water partition coefficient (Wildman–Crippen LogP) is 3.33. The highest BCUT2D eigenvalue weighted by molar-refractivity contribution is 6.35. The summed E-state index contributed by atoms with van der Waals surface area (Å²) in [4.78, 5) is 16.2. The van der Waals surface area contributed by atoms with E-state index in [1.54, 1.807) is 18.3 Å². The molecule has 3 rings (SSSR count). The Kier molecular flexibility index (Phi) is 4.25. The third-order valence-electron chi connectivity index (χ3n) is 3.76. The number of benzene rings is 1. The molecule has 0 saturated heterocycles. The zero-order chi connectivity index (χ0) is 14.7. The molecule has 0 aliphatic heterocycles. The number of carbonyl (C=O) groups excluding carboxylic acids is 1. The molecule has 1 amide bonds. The van der Waals surface area contributed by atoms with Gasteiger partial charge in [-0.2, -0.15) is 0 Å². The molecule has 4 nitrogen and oxygen atoms in total. The standard InChI is InChI=1S/C16H17ClN2O2/c17-13-7-8-14(16-12(13)6-3-9-18-16)21-10-15(20)19-11-4-1-2-5-11/h3,6-9,11H,1-2,4-5,10H2,(H,19,20). The van der Waals surface area contributed by atoms with Crippen molar-refractivity contribution in [3.8, 4) is 5.75 Å². The van der Waals surface area contributed by atoms with Crippen molar-refractivity contribution in [1.29, 1.82) is 0 Å². The molecule has 1 fully saturated rings. The highest BCUT2D eigenvalue weighted by Crippen LogP contribution is 2.29. The maximum Gasteiger partial charge on any atom is 0.258 e. The summed E-state index contributed by atoms with van der Waals surface area (Å²) in [5.74, 6) is 0.498. The molecular weight excluding hydrogens is 288 g/mol. The second-order valence-corrected chi connectivity index (χ2v) is 5.69. The summed E-state index contributed by atoms with van der Waals surface area (Å²) in [6, 6.07) is 7.53. The molecule has 1 saturated carbocycles. The van der Waals surface area contributed by atoms with E-state index in [1.165, 1.54) is 12.8 Å². The van der Waals surface area contributed by atoms with Gasteiger partial charge in [0.1, 0.15) is 11.3 Å². The molecule has 1 aliphatic rings. The molecule has 0 radical (unpaired) electrons. The van der Waals surface area contributed by atoms with Crippen LogP contribution in [0.5, 0.6) is 5.75 Å². The molecule has 1 aliphatic carbocycles. The van der Waals surface area contributed by atoms with Crippen molar-refractivity contribution in [2.75, 3.05) is 6.61 Å². The van der Waals surface area contributed by atoms with E-state index >= 15 is 0 Å². The van der Waals surface area contributed by atoms with Crippen LogP contribution in [0.15, 0.2) is 30.5 Å². The topological polar surface area (TPSA) is 51.2 Å². The lowest BCUT2D eigenvalue weighted by atomic mass is 10.2. The van der Waals surface area contributed by atoms with E-state index in [0.29, 0.717) is 22.3 Å². The van der Waals surface area contributed by atoms with E-state index in [2.05, 4.69) is 10.3 Å². The van der Waals surface area contributed by atoms with Crippen LogP contribution in [-0.4, -0.2) is 23.5 Å². The minimum Gasteiger partial charge on any atom is -0.481 e. The molecule has 1 heterocycles. The summed E-state index contributed by atoms with van der Waals surface area (Å²) in [6.07, 6.45) is 6.20. The zero-order valence-corrected chi connectivity index (χ0v) is 12.4. The first-order chi connectivity index (χ1) is 10.2. The quantitative estimate of drug-likeness (QED) is 0.942. The third-order valence-corrected chi connectivity index (χ3v) is 4.09. The number of aromatic nitrogens is 1. The number of hydrogen-bond donors (Lipinski definition) is 1. The van der Waals surface area contributed by atoms with E-state index in [4.69, 9.17) is 16.3 Å². The van der Waals surface area contributed by atoms with E-state index < -0.39 is 0 Å². The molecular formula is C16H17ClN2O2. The summed E-state index contributed by atoms with van der Waals surface area (Å²) in [5.41, 5.74) is 0.679. The lowest BCUT2D eigenvalue weighted by Crippen LogP contribution is -2.36. The number of pyridine rings is 1. The van der Waals surface area contributed by atoms with E-state index in [0.717, 1.165) is 18.2 Å². The molecule has 0 spiro atoms. The monoisotopic (exact) mass is 304 g/mol. The van der Waals surface area contributed by atoms with E-state index in [1.807, 2.05) is 12.1 Å². The van der Waals surface area contributed by atoms with Crippen molar-refractivity contribution in [2.24, 2.45) is 0 Å². The third kappa shape index (κ3) is 3.27. The normalized spacial score (nSPS) is 15.3. The molecule has 110 valence electrons. The summed E-state index contributed by atoms with van der Waals surface area (Å²) in [5, 5.41) is 4.45. The first-order valence-electron chi connectivity index (χ1n) is 7.19. The second-order valence-electron chi connectivity index (χ2n) is 5.28. The minimum absolute atomic E-state index is 0.00378. The van der Waals surface area contributed by atoms with Crippen molar-refractivity contribution in [1.82, 2.24) is 10.3 Å². The number of carbonyl (C=O) groups is 1. The van der Waals surface area contributed by atoms with Crippen LogP contribution in [0.1, 0.15) is 25.7 Å². The summed E-state index contributed by atoms with van der Waals surface area (Å²) >= 11 is 6.13. The fourth-order valence-electron chi connectivity index (χ4n) is 2.71. The average molecular weight is 305 g/mol. The van der Waals surface area contributed by atoms with Gasteiger partial charge in [-0.3, -0.25) is 9.78 Å². The Morgan fingerprint density at radius 1 is 1.33 bits per heavy atom. The van der Waals surface area contributed by atoms with Gasteiger partial charge in [-0.1, -0.05) is 24.4 Å². The van der Waals surface area contributed by atoms with Crippen molar-refractivity contribution < 1.29 is 9.53 Å². The highest BCUT2D eigenvalue weighted by Gasteiger charge is 2.17. The Morgan fingerprint density at radius 2 is 2.14 bits per heavy atom. The average Bonchev–Trinajstić information content (AvgIpc) is 3.00. The first kappa shape index (κ1) is 14.1. The SMILES string of the molecule is O=C(COc1ccc(Cl)c2cccnc12)NC1CCCC1. The minimum atomic E-state index is -0.0825. The molecule has 0 atom stereocenters. The lowest BCUT2D eigenvalue weighted by molar-refractivity contribution is -0.123. The molecule has 5 heteroatoms. The lowest BCUT2D eigenvalue weighted by Gasteiger charge is -2.13. The summed E-state index contributed by atoms with van der Waals surface area (Å²) in [7, 11) is 0. The van der Waals surface area contributed by atoms with Crippen molar-refractivity contribution in [3.63, 3.8) is 0 Å². The van der Waals surface area contributed by atoms with E-state index in [-0.39, 0.29) is 12.5 Å². The van der Waals surface area contributed by atoms with Crippen LogP contribution in [0.25, 0.3) is 10.9 Å². The number of nitrogens with zero attached hydrogens (tertiary/aromatic N) is 1. The van der Waals surface area contributed by atoms with Gasteiger partial charge in [0.05, 0.1) is 5.02 Å². The Labute approximate surface area is 128 Å². The van der Waals surface area contributed by atoms with Crippen LogP contribution in [0, 0.1) is 0 Å². The summed E-state index contributed by atoms with van der Waals surface area (Å²) in [6.45, 7) is 0.00378.